The topological polar surface area (TPSA) is 76.4 Å². The van der Waals surface area contributed by atoms with Crippen molar-refractivity contribution in [3.05, 3.63) is 46.0 Å². The number of rotatable bonds is 5. The lowest BCUT2D eigenvalue weighted by Crippen LogP contribution is -2.14. The third-order valence-corrected chi connectivity index (χ3v) is 4.90. The van der Waals surface area contributed by atoms with Crippen molar-refractivity contribution in [3.8, 4) is 0 Å². The van der Waals surface area contributed by atoms with Crippen molar-refractivity contribution in [3.63, 3.8) is 0 Å². The highest BCUT2D eigenvalue weighted by Crippen LogP contribution is 2.21. The average molecular weight is 342 g/mol. The molecule has 0 saturated carbocycles. The van der Waals surface area contributed by atoms with Crippen LogP contribution in [-0.2, 0) is 4.79 Å². The lowest BCUT2D eigenvalue weighted by Gasteiger charge is -2.02. The maximum absolute atomic E-state index is 12.1. The summed E-state index contributed by atoms with van der Waals surface area (Å²) in [6.07, 6.45) is 0.271. The smallest absolute Gasteiger partial charge is 0.250 e. The van der Waals surface area contributed by atoms with Crippen LogP contribution >= 0.6 is 11.3 Å². The summed E-state index contributed by atoms with van der Waals surface area (Å²) < 4.78 is 1.72. The molecule has 2 aromatic heterocycles. The van der Waals surface area contributed by atoms with E-state index in [1.165, 1.54) is 11.3 Å². The molecule has 0 atom stereocenters. The van der Waals surface area contributed by atoms with Gasteiger partial charge in [-0.1, -0.05) is 41.2 Å². The van der Waals surface area contributed by atoms with E-state index in [1.54, 1.807) is 16.6 Å². The van der Waals surface area contributed by atoms with Gasteiger partial charge in [0.1, 0.15) is 0 Å². The van der Waals surface area contributed by atoms with Crippen LogP contribution in [0.4, 0.5) is 5.95 Å². The second kappa shape index (κ2) is 6.52. The zero-order valence-electron chi connectivity index (χ0n) is 13.8. The Bertz CT molecular complexity index is 909. The Hall–Kier alpha value is -2.54. The first-order chi connectivity index (χ1) is 11.4. The summed E-state index contributed by atoms with van der Waals surface area (Å²) in [4.78, 5) is 30.3. The van der Waals surface area contributed by atoms with Crippen molar-refractivity contribution in [2.75, 3.05) is 5.32 Å². The Morgan fingerprint density at radius 1 is 1.12 bits per heavy atom. The molecular formula is C17H18N4O2S. The summed E-state index contributed by atoms with van der Waals surface area (Å²) in [7, 11) is 0. The van der Waals surface area contributed by atoms with Crippen molar-refractivity contribution in [2.45, 2.75) is 33.6 Å². The number of nitrogens with one attached hydrogen (secondary N) is 1. The van der Waals surface area contributed by atoms with Gasteiger partial charge in [0, 0.05) is 23.3 Å². The highest BCUT2D eigenvalue weighted by atomic mass is 32.1. The van der Waals surface area contributed by atoms with Crippen LogP contribution in [0, 0.1) is 20.8 Å². The van der Waals surface area contributed by atoms with Crippen LogP contribution in [0.2, 0.25) is 0 Å². The molecule has 0 spiro atoms. The molecule has 1 aromatic carbocycles. The summed E-state index contributed by atoms with van der Waals surface area (Å²) in [6, 6.07) is 7.34. The zero-order chi connectivity index (χ0) is 17.3. The minimum Gasteiger partial charge on any atom is -0.294 e. The number of nitrogens with zero attached hydrogens (tertiary/aromatic N) is 3. The molecule has 0 saturated heterocycles. The van der Waals surface area contributed by atoms with E-state index in [4.69, 9.17) is 0 Å². The number of amides is 1. The fourth-order valence-corrected chi connectivity index (χ4v) is 3.20. The standard InChI is InChI=1S/C17H18N4O2S/c1-10-4-6-13(7-5-10)14(22)8-9-15(23)18-16-19-17-21(20-16)11(2)12(3)24-17/h4-7H,8-9H2,1-3H3,(H,18,20,23). The predicted molar refractivity (Wildman–Crippen MR) is 93.7 cm³/mol. The molecule has 7 heteroatoms. The third-order valence-electron chi connectivity index (χ3n) is 3.85. The van der Waals surface area contributed by atoms with Crippen molar-refractivity contribution >= 4 is 33.9 Å². The number of carbonyl (C=O) groups is 2. The maximum atomic E-state index is 12.1. The van der Waals surface area contributed by atoms with Gasteiger partial charge in [0.05, 0.1) is 5.69 Å². The van der Waals surface area contributed by atoms with Crippen LogP contribution in [0.5, 0.6) is 0 Å². The lowest BCUT2D eigenvalue weighted by atomic mass is 10.1. The molecule has 6 nitrogen and oxygen atoms in total. The van der Waals surface area contributed by atoms with Crippen LogP contribution in [0.3, 0.4) is 0 Å². The number of hydrogen-bond acceptors (Lipinski definition) is 5. The van der Waals surface area contributed by atoms with Gasteiger partial charge >= 0.3 is 0 Å². The quantitative estimate of drug-likeness (QED) is 0.722. The number of ketones is 1. The van der Waals surface area contributed by atoms with Crippen LogP contribution in [-0.4, -0.2) is 26.3 Å². The largest absolute Gasteiger partial charge is 0.294 e. The van der Waals surface area contributed by atoms with Crippen LogP contribution < -0.4 is 5.32 Å². The molecule has 24 heavy (non-hydrogen) atoms. The van der Waals surface area contributed by atoms with Gasteiger partial charge in [-0.05, 0) is 20.8 Å². The molecule has 3 rings (SSSR count). The van der Waals surface area contributed by atoms with E-state index in [9.17, 15) is 9.59 Å². The lowest BCUT2D eigenvalue weighted by molar-refractivity contribution is -0.116. The molecular weight excluding hydrogens is 324 g/mol. The Morgan fingerprint density at radius 3 is 2.50 bits per heavy atom. The molecule has 0 aliphatic carbocycles. The molecule has 0 aliphatic heterocycles. The van der Waals surface area contributed by atoms with Crippen molar-refractivity contribution in [2.24, 2.45) is 0 Å². The van der Waals surface area contributed by atoms with E-state index < -0.39 is 0 Å². The second-order valence-corrected chi connectivity index (χ2v) is 6.89. The van der Waals surface area contributed by atoms with Crippen LogP contribution in [0.1, 0.15) is 39.3 Å². The van der Waals surface area contributed by atoms with E-state index in [-0.39, 0.29) is 30.5 Å². The van der Waals surface area contributed by atoms with Gasteiger partial charge in [0.2, 0.25) is 16.8 Å². The van der Waals surface area contributed by atoms with E-state index in [0.29, 0.717) is 5.56 Å². The molecule has 1 N–H and O–H groups in total. The summed E-state index contributed by atoms with van der Waals surface area (Å²) in [5.41, 5.74) is 2.73. The normalized spacial score (nSPS) is 11.0. The molecule has 0 radical (unpaired) electrons. The fourth-order valence-electron chi connectivity index (χ4n) is 2.29. The molecule has 0 aliphatic rings. The van der Waals surface area contributed by atoms with Crippen molar-refractivity contribution in [1.29, 1.82) is 0 Å². The zero-order valence-corrected chi connectivity index (χ0v) is 14.6. The summed E-state index contributed by atoms with van der Waals surface area (Å²) in [5, 5.41) is 6.92. The van der Waals surface area contributed by atoms with E-state index in [2.05, 4.69) is 15.4 Å². The highest BCUT2D eigenvalue weighted by molar-refractivity contribution is 7.17. The van der Waals surface area contributed by atoms with E-state index in [0.717, 1.165) is 21.1 Å². The van der Waals surface area contributed by atoms with Crippen molar-refractivity contribution in [1.82, 2.24) is 14.6 Å². The van der Waals surface area contributed by atoms with Gasteiger partial charge < -0.3 is 0 Å². The average Bonchev–Trinajstić information content (AvgIpc) is 3.05. The highest BCUT2D eigenvalue weighted by Gasteiger charge is 2.14. The van der Waals surface area contributed by atoms with Gasteiger partial charge in [-0.3, -0.25) is 14.9 Å². The predicted octanol–water partition coefficient (Wildman–Crippen LogP) is 3.32. The monoisotopic (exact) mass is 342 g/mol. The number of carbonyl (C=O) groups excluding carboxylic acids is 2. The molecule has 2 heterocycles. The SMILES string of the molecule is Cc1ccc(C(=O)CCC(=O)Nc2nc3sc(C)c(C)n3n2)cc1. The third kappa shape index (κ3) is 3.35. The van der Waals surface area contributed by atoms with E-state index in [1.807, 2.05) is 32.9 Å². The minimum absolute atomic E-state index is 0.0459. The number of aryl methyl sites for hydroxylation is 3. The Labute approximate surface area is 143 Å². The summed E-state index contributed by atoms with van der Waals surface area (Å²) in [5.74, 6) is -0.0318. The van der Waals surface area contributed by atoms with Gasteiger partial charge in [-0.15, -0.1) is 5.10 Å². The molecule has 0 unspecified atom stereocenters. The van der Waals surface area contributed by atoms with Gasteiger partial charge in [0.25, 0.3) is 0 Å². The first-order valence-corrected chi connectivity index (χ1v) is 8.48. The first-order valence-electron chi connectivity index (χ1n) is 7.66. The number of anilines is 1. The number of thiazole rings is 1. The number of benzene rings is 1. The molecule has 0 fully saturated rings. The van der Waals surface area contributed by atoms with E-state index >= 15 is 0 Å². The fraction of sp³-hybridized carbons (Fsp3) is 0.294. The van der Waals surface area contributed by atoms with Gasteiger partial charge in [-0.2, -0.15) is 4.98 Å². The van der Waals surface area contributed by atoms with Crippen LogP contribution in [0.15, 0.2) is 24.3 Å². The van der Waals surface area contributed by atoms with Gasteiger partial charge in [0.15, 0.2) is 5.78 Å². The summed E-state index contributed by atoms with van der Waals surface area (Å²) in [6.45, 7) is 5.93. The first kappa shape index (κ1) is 16.3. The van der Waals surface area contributed by atoms with Crippen molar-refractivity contribution < 1.29 is 9.59 Å². The Kier molecular flexibility index (Phi) is 4.44. The second-order valence-electron chi connectivity index (χ2n) is 5.71. The Balaban J connectivity index is 1.58. The number of aromatic nitrogens is 3. The summed E-state index contributed by atoms with van der Waals surface area (Å²) >= 11 is 1.53. The number of hydrogen-bond donors (Lipinski definition) is 1. The minimum atomic E-state index is -0.261. The Morgan fingerprint density at radius 2 is 1.83 bits per heavy atom. The number of fused-ring (bicyclic) bond motifs is 1. The van der Waals surface area contributed by atoms with Crippen LogP contribution in [0.25, 0.3) is 4.96 Å². The number of Topliss-reactive ketones (excluding diaryl/α,β-unsaturated/α-hetero) is 1. The van der Waals surface area contributed by atoms with Gasteiger partial charge in [-0.25, -0.2) is 4.52 Å². The molecule has 0 bridgehead atoms. The molecule has 1 amide bonds. The molecule has 3 aromatic rings. The molecule has 124 valence electrons. The maximum Gasteiger partial charge on any atom is 0.250 e.